The van der Waals surface area contributed by atoms with Crippen LogP contribution >= 0.6 is 23.2 Å². The maximum absolute atomic E-state index is 12.9. The number of hydrogen-bond donors (Lipinski definition) is 3. The van der Waals surface area contributed by atoms with Crippen molar-refractivity contribution in [3.05, 3.63) is 28.2 Å². The highest BCUT2D eigenvalue weighted by Crippen LogP contribution is 2.60. The van der Waals surface area contributed by atoms with Crippen molar-refractivity contribution in [1.29, 1.82) is 0 Å². The third-order valence-electron chi connectivity index (χ3n) is 6.75. The number of benzene rings is 1. The van der Waals surface area contributed by atoms with Crippen LogP contribution in [0.15, 0.2) is 23.1 Å². The lowest BCUT2D eigenvalue weighted by atomic mass is 9.49. The van der Waals surface area contributed by atoms with Gasteiger partial charge in [0.1, 0.15) is 0 Å². The first-order chi connectivity index (χ1) is 14.1. The molecule has 0 saturated heterocycles. The minimum absolute atomic E-state index is 0.0967. The molecule has 5 rings (SSSR count). The van der Waals surface area contributed by atoms with Crippen LogP contribution in [-0.4, -0.2) is 26.3 Å². The normalized spacial score (nSPS) is 30.7. The first-order valence-electron chi connectivity index (χ1n) is 10.2. The van der Waals surface area contributed by atoms with Crippen molar-refractivity contribution in [3.8, 4) is 0 Å². The smallest absolute Gasteiger partial charge is 0.256 e. The molecular formula is C20H25Cl2N3O4S. The molecule has 1 aromatic carbocycles. The largest absolute Gasteiger partial charge is 0.273 e. The molecule has 4 fully saturated rings. The number of halogens is 2. The Bertz CT molecular complexity index is 947. The molecule has 10 heteroatoms. The molecule has 0 aromatic heterocycles. The van der Waals surface area contributed by atoms with Crippen LogP contribution in [0, 0.1) is 23.2 Å². The molecule has 0 radical (unpaired) electrons. The van der Waals surface area contributed by atoms with Crippen LogP contribution in [0.1, 0.15) is 45.4 Å². The average Bonchev–Trinajstić information content (AvgIpc) is 2.66. The van der Waals surface area contributed by atoms with E-state index in [9.17, 15) is 18.0 Å². The predicted molar refractivity (Wildman–Crippen MR) is 113 cm³/mol. The fourth-order valence-corrected chi connectivity index (χ4v) is 7.34. The summed E-state index contributed by atoms with van der Waals surface area (Å²) in [7, 11) is -3.99. The molecule has 0 heterocycles. The first kappa shape index (κ1) is 21.9. The summed E-state index contributed by atoms with van der Waals surface area (Å²) in [6.07, 6.45) is 6.27. The van der Waals surface area contributed by atoms with E-state index >= 15 is 0 Å². The molecule has 7 nitrogen and oxygen atoms in total. The van der Waals surface area contributed by atoms with Gasteiger partial charge < -0.3 is 0 Å². The quantitative estimate of drug-likeness (QED) is 0.571. The molecule has 1 atom stereocenters. The van der Waals surface area contributed by atoms with Gasteiger partial charge in [-0.1, -0.05) is 23.2 Å². The van der Waals surface area contributed by atoms with Crippen LogP contribution in [0.2, 0.25) is 10.0 Å². The monoisotopic (exact) mass is 473 g/mol. The van der Waals surface area contributed by atoms with Gasteiger partial charge in [-0.3, -0.25) is 20.4 Å². The number of hydrogen-bond acceptors (Lipinski definition) is 4. The molecule has 4 aliphatic rings. The second-order valence-corrected chi connectivity index (χ2v) is 11.6. The van der Waals surface area contributed by atoms with E-state index in [1.54, 1.807) is 0 Å². The number of rotatable bonds is 5. The van der Waals surface area contributed by atoms with Gasteiger partial charge in [0, 0.05) is 0 Å². The van der Waals surface area contributed by atoms with Crippen LogP contribution in [0.4, 0.5) is 0 Å². The van der Waals surface area contributed by atoms with Gasteiger partial charge in [0.15, 0.2) is 0 Å². The average molecular weight is 474 g/mol. The van der Waals surface area contributed by atoms with Crippen LogP contribution in [0.3, 0.4) is 0 Å². The van der Waals surface area contributed by atoms with E-state index in [-0.39, 0.29) is 20.8 Å². The number of carbonyl (C=O) groups is 2. The van der Waals surface area contributed by atoms with E-state index in [0.717, 1.165) is 19.3 Å². The van der Waals surface area contributed by atoms with Crippen LogP contribution in [0.25, 0.3) is 0 Å². The topological polar surface area (TPSA) is 104 Å². The Morgan fingerprint density at radius 3 is 2.10 bits per heavy atom. The zero-order chi connectivity index (χ0) is 21.7. The van der Waals surface area contributed by atoms with Crippen LogP contribution < -0.4 is 15.6 Å². The van der Waals surface area contributed by atoms with Crippen molar-refractivity contribution in [2.75, 3.05) is 0 Å². The number of carbonyl (C=O) groups excluding carboxylic acids is 2. The number of hydrazine groups is 1. The van der Waals surface area contributed by atoms with Gasteiger partial charge in [0.25, 0.3) is 5.91 Å². The van der Waals surface area contributed by atoms with Crippen LogP contribution in [-0.2, 0) is 19.6 Å². The van der Waals surface area contributed by atoms with E-state index in [4.69, 9.17) is 23.2 Å². The second kappa shape index (κ2) is 7.97. The Kier molecular flexibility index (Phi) is 5.81. The summed E-state index contributed by atoms with van der Waals surface area (Å²) in [5.74, 6) is 1.02. The molecule has 30 heavy (non-hydrogen) atoms. The minimum atomic E-state index is -3.99. The Morgan fingerprint density at radius 1 is 1.00 bits per heavy atom. The van der Waals surface area contributed by atoms with E-state index in [1.807, 2.05) is 0 Å². The van der Waals surface area contributed by atoms with Gasteiger partial charge in [-0.05, 0) is 81.4 Å². The summed E-state index contributed by atoms with van der Waals surface area (Å²) in [4.78, 5) is 25.2. The van der Waals surface area contributed by atoms with Gasteiger partial charge in [-0.25, -0.2) is 8.42 Å². The first-order valence-corrected chi connectivity index (χ1v) is 12.4. The summed E-state index contributed by atoms with van der Waals surface area (Å²) in [5.41, 5.74) is 4.54. The van der Waals surface area contributed by atoms with Gasteiger partial charge in [0.05, 0.1) is 26.4 Å². The summed E-state index contributed by atoms with van der Waals surface area (Å²) in [6, 6.07) is 2.79. The van der Waals surface area contributed by atoms with Gasteiger partial charge in [-0.2, -0.15) is 4.72 Å². The number of nitrogens with one attached hydrogen (secondary N) is 3. The highest BCUT2D eigenvalue weighted by Gasteiger charge is 2.54. The zero-order valence-electron chi connectivity index (χ0n) is 16.6. The van der Waals surface area contributed by atoms with E-state index in [1.165, 1.54) is 44.4 Å². The molecule has 2 amide bonds. The minimum Gasteiger partial charge on any atom is -0.273 e. The Hall–Kier alpha value is -1.35. The van der Waals surface area contributed by atoms with Crippen molar-refractivity contribution in [3.63, 3.8) is 0 Å². The van der Waals surface area contributed by atoms with E-state index in [0.29, 0.717) is 17.8 Å². The lowest BCUT2D eigenvalue weighted by molar-refractivity contribution is -0.149. The Labute approximate surface area is 186 Å². The molecule has 164 valence electrons. The summed E-state index contributed by atoms with van der Waals surface area (Å²) in [6.45, 7) is 1.40. The maximum Gasteiger partial charge on any atom is 0.256 e. The third kappa shape index (κ3) is 4.20. The van der Waals surface area contributed by atoms with Crippen molar-refractivity contribution >= 4 is 45.0 Å². The molecular weight excluding hydrogens is 449 g/mol. The highest BCUT2D eigenvalue weighted by molar-refractivity contribution is 7.89. The summed E-state index contributed by atoms with van der Waals surface area (Å²) < 4.78 is 27.3. The Balaban J connectivity index is 1.35. The maximum atomic E-state index is 12.9. The second-order valence-electron chi connectivity index (χ2n) is 9.06. The molecule has 0 spiro atoms. The standard InChI is InChI=1S/C20H25Cl2N3O4S/c1-11(25-30(28,29)15-2-3-16(21)17(22)7-15)18(26)23-24-19(27)20-8-12-4-13(9-20)6-14(5-12)10-20/h2-3,7,11-14,25H,4-6,8-10H2,1H3,(H,23,26)(H,24,27)/t11-,12?,13?,14?,20?/m0/s1. The van der Waals surface area contributed by atoms with Gasteiger partial charge in [0.2, 0.25) is 15.9 Å². The molecule has 1 aromatic rings. The fraction of sp³-hybridized carbons (Fsp3) is 0.600. The molecule has 0 unspecified atom stereocenters. The third-order valence-corrected chi connectivity index (χ3v) is 9.02. The van der Waals surface area contributed by atoms with E-state index in [2.05, 4.69) is 15.6 Å². The summed E-state index contributed by atoms with van der Waals surface area (Å²) >= 11 is 11.7. The van der Waals surface area contributed by atoms with Gasteiger partial charge in [-0.15, -0.1) is 0 Å². The molecule has 3 N–H and O–H groups in total. The number of amides is 2. The SMILES string of the molecule is C[C@H](NS(=O)(=O)c1ccc(Cl)c(Cl)c1)C(=O)NNC(=O)C12CC3CC(CC(C3)C1)C2. The van der Waals surface area contributed by atoms with Crippen molar-refractivity contribution in [1.82, 2.24) is 15.6 Å². The zero-order valence-corrected chi connectivity index (χ0v) is 18.9. The van der Waals surface area contributed by atoms with Crippen LogP contribution in [0.5, 0.6) is 0 Å². The lowest BCUT2D eigenvalue weighted by Crippen LogP contribution is -2.58. The van der Waals surface area contributed by atoms with Crippen molar-refractivity contribution < 1.29 is 18.0 Å². The molecule has 4 bridgehead atoms. The fourth-order valence-electron chi connectivity index (χ4n) is 5.75. The van der Waals surface area contributed by atoms with Gasteiger partial charge >= 0.3 is 0 Å². The molecule has 4 aliphatic carbocycles. The van der Waals surface area contributed by atoms with E-state index < -0.39 is 27.4 Å². The highest BCUT2D eigenvalue weighted by atomic mass is 35.5. The summed E-state index contributed by atoms with van der Waals surface area (Å²) in [5, 5.41) is 0.327. The number of sulfonamides is 1. The Morgan fingerprint density at radius 2 is 1.57 bits per heavy atom. The van der Waals surface area contributed by atoms with Crippen molar-refractivity contribution in [2.45, 2.75) is 56.4 Å². The predicted octanol–water partition coefficient (Wildman–Crippen LogP) is 3.02. The van der Waals surface area contributed by atoms with Crippen molar-refractivity contribution in [2.24, 2.45) is 23.2 Å². The lowest BCUT2D eigenvalue weighted by Gasteiger charge is -2.55. The molecule has 4 saturated carbocycles. The molecule has 0 aliphatic heterocycles.